The lowest BCUT2D eigenvalue weighted by Crippen LogP contribution is -2.35. The van der Waals surface area contributed by atoms with Gasteiger partial charge in [-0.15, -0.1) is 0 Å². The van der Waals surface area contributed by atoms with Crippen LogP contribution in [0.3, 0.4) is 0 Å². The normalized spacial score (nSPS) is 11.8. The van der Waals surface area contributed by atoms with Crippen LogP contribution < -0.4 is 5.32 Å². The molecule has 0 amide bonds. The maximum atomic E-state index is 5.94. The van der Waals surface area contributed by atoms with Gasteiger partial charge in [0.05, 0.1) is 0 Å². The van der Waals surface area contributed by atoms with Gasteiger partial charge in [-0.2, -0.15) is 0 Å². The Bertz CT molecular complexity index is 297. The van der Waals surface area contributed by atoms with E-state index in [2.05, 4.69) is 48.1 Å². The number of rotatable bonds is 2. The van der Waals surface area contributed by atoms with Crippen molar-refractivity contribution < 1.29 is 0 Å². The minimum absolute atomic E-state index is 0.134. The Hall–Kier alpha value is -0.0500. The monoisotopic (exact) mass is 275 g/mol. The zero-order valence-corrected chi connectivity index (χ0v) is 11.0. The van der Waals surface area contributed by atoms with E-state index in [9.17, 15) is 0 Å². The van der Waals surface area contributed by atoms with E-state index in [1.54, 1.807) is 0 Å². The van der Waals surface area contributed by atoms with Crippen LogP contribution in [-0.2, 0) is 6.54 Å². The predicted octanol–water partition coefficient (Wildman–Crippen LogP) is 3.99. The molecule has 0 unspecified atom stereocenters. The second-order valence-corrected chi connectivity index (χ2v) is 5.73. The van der Waals surface area contributed by atoms with E-state index >= 15 is 0 Å². The van der Waals surface area contributed by atoms with Crippen molar-refractivity contribution in [2.24, 2.45) is 0 Å². The molecular formula is C11H15BrClN. The van der Waals surface area contributed by atoms with Crippen molar-refractivity contribution in [2.45, 2.75) is 32.9 Å². The summed E-state index contributed by atoms with van der Waals surface area (Å²) in [5.74, 6) is 0. The largest absolute Gasteiger partial charge is 0.308 e. The van der Waals surface area contributed by atoms with E-state index in [1.807, 2.05) is 12.1 Å². The molecule has 3 heteroatoms. The van der Waals surface area contributed by atoms with Crippen molar-refractivity contribution in [1.29, 1.82) is 0 Å². The Balaban J connectivity index is 2.68. The fourth-order valence-corrected chi connectivity index (χ4v) is 2.01. The first kappa shape index (κ1) is 12.0. The van der Waals surface area contributed by atoms with Gasteiger partial charge in [0.25, 0.3) is 0 Å². The van der Waals surface area contributed by atoms with Crippen molar-refractivity contribution in [3.8, 4) is 0 Å². The molecule has 0 saturated carbocycles. The third kappa shape index (κ3) is 4.45. The van der Waals surface area contributed by atoms with Crippen molar-refractivity contribution in [1.82, 2.24) is 5.32 Å². The van der Waals surface area contributed by atoms with Gasteiger partial charge in [-0.05, 0) is 44.5 Å². The predicted molar refractivity (Wildman–Crippen MR) is 65.7 cm³/mol. The Labute approximate surface area is 99.0 Å². The smallest absolute Gasteiger partial charge is 0.0420 e. The molecule has 0 atom stereocenters. The Kier molecular flexibility index (Phi) is 3.99. The topological polar surface area (TPSA) is 12.0 Å². The summed E-state index contributed by atoms with van der Waals surface area (Å²) in [6.45, 7) is 7.27. The molecule has 0 radical (unpaired) electrons. The molecule has 14 heavy (non-hydrogen) atoms. The minimum atomic E-state index is 0.134. The zero-order valence-electron chi connectivity index (χ0n) is 8.70. The van der Waals surface area contributed by atoms with Crippen molar-refractivity contribution in [3.05, 3.63) is 33.3 Å². The molecule has 0 aromatic heterocycles. The fourth-order valence-electron chi connectivity index (χ4n) is 1.08. The van der Waals surface area contributed by atoms with E-state index < -0.39 is 0 Å². The van der Waals surface area contributed by atoms with Crippen LogP contribution in [0.2, 0.25) is 5.02 Å². The van der Waals surface area contributed by atoms with Crippen LogP contribution in [0.1, 0.15) is 26.3 Å². The highest BCUT2D eigenvalue weighted by Crippen LogP contribution is 2.19. The molecule has 1 rings (SSSR count). The number of benzene rings is 1. The highest BCUT2D eigenvalue weighted by Gasteiger charge is 2.08. The van der Waals surface area contributed by atoms with Crippen LogP contribution in [0.4, 0.5) is 0 Å². The molecule has 1 aromatic rings. The van der Waals surface area contributed by atoms with Gasteiger partial charge in [0, 0.05) is 21.6 Å². The molecule has 0 bridgehead atoms. The fraction of sp³-hybridized carbons (Fsp3) is 0.455. The zero-order chi connectivity index (χ0) is 10.8. The third-order valence-electron chi connectivity index (χ3n) is 1.75. The van der Waals surface area contributed by atoms with Crippen molar-refractivity contribution in [2.75, 3.05) is 0 Å². The molecule has 78 valence electrons. The van der Waals surface area contributed by atoms with Gasteiger partial charge >= 0.3 is 0 Å². The summed E-state index contributed by atoms with van der Waals surface area (Å²) in [6, 6.07) is 5.94. The summed E-state index contributed by atoms with van der Waals surface area (Å²) in [7, 11) is 0. The van der Waals surface area contributed by atoms with Gasteiger partial charge < -0.3 is 5.32 Å². The maximum Gasteiger partial charge on any atom is 0.0420 e. The van der Waals surface area contributed by atoms with Crippen LogP contribution in [0, 0.1) is 0 Å². The van der Waals surface area contributed by atoms with Gasteiger partial charge in [-0.1, -0.05) is 27.5 Å². The number of halogens is 2. The SMILES string of the molecule is CC(C)(C)NCc1cc(Cl)cc(Br)c1. The van der Waals surface area contributed by atoms with E-state index in [-0.39, 0.29) is 5.54 Å². The van der Waals surface area contributed by atoms with E-state index in [4.69, 9.17) is 11.6 Å². The highest BCUT2D eigenvalue weighted by atomic mass is 79.9. The molecule has 1 N–H and O–H groups in total. The van der Waals surface area contributed by atoms with Gasteiger partial charge in [0.2, 0.25) is 0 Å². The van der Waals surface area contributed by atoms with E-state index in [1.165, 1.54) is 5.56 Å². The average Bonchev–Trinajstić information content (AvgIpc) is 1.97. The van der Waals surface area contributed by atoms with Gasteiger partial charge in [0.1, 0.15) is 0 Å². The Morgan fingerprint density at radius 3 is 2.43 bits per heavy atom. The summed E-state index contributed by atoms with van der Waals surface area (Å²) in [6.07, 6.45) is 0. The first-order valence-electron chi connectivity index (χ1n) is 4.57. The van der Waals surface area contributed by atoms with Gasteiger partial charge in [-0.25, -0.2) is 0 Å². The van der Waals surface area contributed by atoms with Crippen molar-refractivity contribution >= 4 is 27.5 Å². The first-order chi connectivity index (χ1) is 6.37. The molecule has 0 aliphatic rings. The standard InChI is InChI=1S/C11H15BrClN/c1-11(2,3)14-7-8-4-9(12)6-10(13)5-8/h4-6,14H,7H2,1-3H3. The number of nitrogens with one attached hydrogen (secondary N) is 1. The van der Waals surface area contributed by atoms with E-state index in [0.717, 1.165) is 16.0 Å². The molecule has 0 heterocycles. The number of hydrogen-bond donors (Lipinski definition) is 1. The first-order valence-corrected chi connectivity index (χ1v) is 5.74. The minimum Gasteiger partial charge on any atom is -0.308 e. The van der Waals surface area contributed by atoms with Crippen LogP contribution in [0.5, 0.6) is 0 Å². The Morgan fingerprint density at radius 2 is 1.93 bits per heavy atom. The summed E-state index contributed by atoms with van der Waals surface area (Å²) in [4.78, 5) is 0. The lowest BCUT2D eigenvalue weighted by atomic mass is 10.1. The van der Waals surface area contributed by atoms with Crippen LogP contribution in [-0.4, -0.2) is 5.54 Å². The molecule has 0 aliphatic heterocycles. The summed E-state index contributed by atoms with van der Waals surface area (Å²) in [5, 5.41) is 4.18. The maximum absolute atomic E-state index is 5.94. The van der Waals surface area contributed by atoms with Crippen molar-refractivity contribution in [3.63, 3.8) is 0 Å². The summed E-state index contributed by atoms with van der Waals surface area (Å²) in [5.41, 5.74) is 1.33. The van der Waals surface area contributed by atoms with Crippen LogP contribution in [0.15, 0.2) is 22.7 Å². The van der Waals surface area contributed by atoms with Crippen LogP contribution >= 0.6 is 27.5 Å². The molecule has 1 aromatic carbocycles. The second kappa shape index (κ2) is 4.65. The van der Waals surface area contributed by atoms with Crippen LogP contribution in [0.25, 0.3) is 0 Å². The molecule has 0 spiro atoms. The molecule has 1 nitrogen and oxygen atoms in total. The third-order valence-corrected chi connectivity index (χ3v) is 2.42. The average molecular weight is 277 g/mol. The molecule has 0 fully saturated rings. The lowest BCUT2D eigenvalue weighted by Gasteiger charge is -2.20. The van der Waals surface area contributed by atoms with Gasteiger partial charge in [0.15, 0.2) is 0 Å². The Morgan fingerprint density at radius 1 is 1.29 bits per heavy atom. The molecule has 0 aliphatic carbocycles. The van der Waals surface area contributed by atoms with E-state index in [0.29, 0.717) is 0 Å². The summed E-state index contributed by atoms with van der Waals surface area (Å²) < 4.78 is 1.02. The lowest BCUT2D eigenvalue weighted by molar-refractivity contribution is 0.424. The second-order valence-electron chi connectivity index (χ2n) is 4.38. The highest BCUT2D eigenvalue weighted by molar-refractivity contribution is 9.10. The number of hydrogen-bond acceptors (Lipinski definition) is 1. The van der Waals surface area contributed by atoms with Gasteiger partial charge in [-0.3, -0.25) is 0 Å². The molecule has 0 saturated heterocycles. The molecular weight excluding hydrogens is 261 g/mol. The quantitative estimate of drug-likeness (QED) is 0.861. The summed E-state index contributed by atoms with van der Waals surface area (Å²) >= 11 is 9.36.